The van der Waals surface area contributed by atoms with Crippen LogP contribution in [-0.4, -0.2) is 42.5 Å². The highest BCUT2D eigenvalue weighted by molar-refractivity contribution is 6.38. The Balaban J connectivity index is 2.25. The number of halogens is 2. The quantitative estimate of drug-likeness (QED) is 0.784. The zero-order valence-electron chi connectivity index (χ0n) is 10.1. The fourth-order valence-corrected chi connectivity index (χ4v) is 2.88. The fourth-order valence-electron chi connectivity index (χ4n) is 2.27. The molecule has 1 aromatic rings. The Bertz CT molecular complexity index is 421. The molecule has 1 aliphatic rings. The van der Waals surface area contributed by atoms with Crippen LogP contribution in [0.3, 0.4) is 0 Å². The third-order valence-electron chi connectivity index (χ3n) is 3.03. The van der Waals surface area contributed by atoms with Crippen molar-refractivity contribution in [3.8, 4) is 0 Å². The molecule has 2 heterocycles. The van der Waals surface area contributed by atoms with Gasteiger partial charge in [0.1, 0.15) is 0 Å². The van der Waals surface area contributed by atoms with Gasteiger partial charge < -0.3 is 9.80 Å². The standard InChI is InChI=1S/C12H15Cl2N3O/c1-9-6-16(8-18)2-3-17(7-9)12-10(13)4-15-5-11(12)14/h4-5,8-9H,2-3,6-7H2,1H3. The lowest BCUT2D eigenvalue weighted by atomic mass is 10.1. The molecule has 1 saturated heterocycles. The Morgan fingerprint density at radius 3 is 2.56 bits per heavy atom. The number of carbonyl (C=O) groups is 1. The normalized spacial score (nSPS) is 20.7. The van der Waals surface area contributed by atoms with Gasteiger partial charge in [0.05, 0.1) is 15.7 Å². The molecule has 98 valence electrons. The van der Waals surface area contributed by atoms with Gasteiger partial charge in [0.25, 0.3) is 0 Å². The molecule has 0 saturated carbocycles. The molecule has 18 heavy (non-hydrogen) atoms. The van der Waals surface area contributed by atoms with E-state index in [0.29, 0.717) is 22.5 Å². The molecule has 0 N–H and O–H groups in total. The number of hydrogen-bond donors (Lipinski definition) is 0. The summed E-state index contributed by atoms with van der Waals surface area (Å²) in [5, 5.41) is 1.10. The highest BCUT2D eigenvalue weighted by Gasteiger charge is 2.22. The first-order valence-corrected chi connectivity index (χ1v) is 6.60. The van der Waals surface area contributed by atoms with E-state index in [0.717, 1.165) is 31.7 Å². The second-order valence-electron chi connectivity index (χ2n) is 4.60. The fraction of sp³-hybridized carbons (Fsp3) is 0.500. The maximum Gasteiger partial charge on any atom is 0.209 e. The lowest BCUT2D eigenvalue weighted by Gasteiger charge is -2.26. The molecule has 0 bridgehead atoms. The number of rotatable bonds is 2. The second kappa shape index (κ2) is 5.76. The first kappa shape index (κ1) is 13.4. The molecule has 1 atom stereocenters. The van der Waals surface area contributed by atoms with Gasteiger partial charge in [0.2, 0.25) is 6.41 Å². The summed E-state index contributed by atoms with van der Waals surface area (Å²) < 4.78 is 0. The molecule has 0 aromatic carbocycles. The summed E-state index contributed by atoms with van der Waals surface area (Å²) in [5.74, 6) is 0.373. The Kier molecular flexibility index (Phi) is 4.30. The number of pyridine rings is 1. The zero-order chi connectivity index (χ0) is 13.1. The van der Waals surface area contributed by atoms with Crippen LogP contribution >= 0.6 is 23.2 Å². The summed E-state index contributed by atoms with van der Waals surface area (Å²) in [5.41, 5.74) is 0.813. The molecule has 1 aliphatic heterocycles. The van der Waals surface area contributed by atoms with Gasteiger partial charge >= 0.3 is 0 Å². The number of amides is 1. The van der Waals surface area contributed by atoms with E-state index in [1.807, 2.05) is 0 Å². The Labute approximate surface area is 116 Å². The number of anilines is 1. The van der Waals surface area contributed by atoms with Crippen LogP contribution in [0.25, 0.3) is 0 Å². The molecule has 1 aromatic heterocycles. The Morgan fingerprint density at radius 1 is 1.28 bits per heavy atom. The zero-order valence-corrected chi connectivity index (χ0v) is 11.7. The first-order chi connectivity index (χ1) is 8.61. The van der Waals surface area contributed by atoms with Crippen molar-refractivity contribution in [2.45, 2.75) is 6.92 Å². The van der Waals surface area contributed by atoms with Crippen molar-refractivity contribution in [1.82, 2.24) is 9.88 Å². The van der Waals surface area contributed by atoms with Crippen LogP contribution in [0.15, 0.2) is 12.4 Å². The van der Waals surface area contributed by atoms with Crippen LogP contribution in [0.2, 0.25) is 10.0 Å². The van der Waals surface area contributed by atoms with Gasteiger partial charge in [-0.1, -0.05) is 30.1 Å². The Morgan fingerprint density at radius 2 is 1.94 bits per heavy atom. The summed E-state index contributed by atoms with van der Waals surface area (Å²) in [4.78, 5) is 18.7. The molecule has 6 heteroatoms. The van der Waals surface area contributed by atoms with E-state index >= 15 is 0 Å². The number of hydrogen-bond acceptors (Lipinski definition) is 3. The van der Waals surface area contributed by atoms with Crippen LogP contribution in [0, 0.1) is 5.92 Å². The second-order valence-corrected chi connectivity index (χ2v) is 5.42. The Hall–Kier alpha value is -1.00. The van der Waals surface area contributed by atoms with E-state index in [1.54, 1.807) is 17.3 Å². The van der Waals surface area contributed by atoms with Crippen molar-refractivity contribution in [2.24, 2.45) is 5.92 Å². The van der Waals surface area contributed by atoms with Gasteiger partial charge in [0, 0.05) is 38.6 Å². The third kappa shape index (κ3) is 2.87. The predicted molar refractivity (Wildman–Crippen MR) is 73.3 cm³/mol. The molecule has 1 unspecified atom stereocenters. The lowest BCUT2D eigenvalue weighted by Crippen LogP contribution is -2.30. The van der Waals surface area contributed by atoms with E-state index in [9.17, 15) is 4.79 Å². The monoisotopic (exact) mass is 287 g/mol. The third-order valence-corrected chi connectivity index (χ3v) is 3.58. The first-order valence-electron chi connectivity index (χ1n) is 5.85. The molecule has 1 fully saturated rings. The van der Waals surface area contributed by atoms with Crippen molar-refractivity contribution in [1.29, 1.82) is 0 Å². The van der Waals surface area contributed by atoms with E-state index < -0.39 is 0 Å². The van der Waals surface area contributed by atoms with Crippen LogP contribution < -0.4 is 4.90 Å². The van der Waals surface area contributed by atoms with Crippen molar-refractivity contribution in [3.63, 3.8) is 0 Å². The van der Waals surface area contributed by atoms with Gasteiger partial charge in [-0.25, -0.2) is 0 Å². The van der Waals surface area contributed by atoms with Gasteiger partial charge in [-0.05, 0) is 5.92 Å². The average molecular weight is 288 g/mol. The largest absolute Gasteiger partial charge is 0.367 e. The summed E-state index contributed by atoms with van der Waals surface area (Å²) in [6, 6.07) is 0. The van der Waals surface area contributed by atoms with E-state index in [1.165, 1.54) is 0 Å². The summed E-state index contributed by atoms with van der Waals surface area (Å²) in [6.07, 6.45) is 4.08. The lowest BCUT2D eigenvalue weighted by molar-refractivity contribution is -0.118. The van der Waals surface area contributed by atoms with Crippen LogP contribution in [-0.2, 0) is 4.79 Å². The smallest absolute Gasteiger partial charge is 0.209 e. The number of aromatic nitrogens is 1. The van der Waals surface area contributed by atoms with Gasteiger partial charge in [0.15, 0.2) is 0 Å². The van der Waals surface area contributed by atoms with Crippen LogP contribution in [0.5, 0.6) is 0 Å². The molecular formula is C12H15Cl2N3O. The molecule has 0 radical (unpaired) electrons. The minimum atomic E-state index is 0.373. The van der Waals surface area contributed by atoms with E-state index in [2.05, 4.69) is 16.8 Å². The van der Waals surface area contributed by atoms with Gasteiger partial charge in [-0.15, -0.1) is 0 Å². The van der Waals surface area contributed by atoms with Crippen molar-refractivity contribution < 1.29 is 4.79 Å². The maximum atomic E-state index is 10.9. The molecule has 0 spiro atoms. The van der Waals surface area contributed by atoms with Gasteiger partial charge in [-0.3, -0.25) is 9.78 Å². The topological polar surface area (TPSA) is 36.4 Å². The van der Waals surface area contributed by atoms with Crippen molar-refractivity contribution >= 4 is 35.3 Å². The summed E-state index contributed by atoms with van der Waals surface area (Å²) >= 11 is 12.3. The van der Waals surface area contributed by atoms with Gasteiger partial charge in [-0.2, -0.15) is 0 Å². The highest BCUT2D eigenvalue weighted by Crippen LogP contribution is 2.33. The SMILES string of the molecule is CC1CN(C=O)CCN(c2c(Cl)cncc2Cl)C1. The summed E-state index contributed by atoms with van der Waals surface area (Å²) in [7, 11) is 0. The maximum absolute atomic E-state index is 10.9. The molecule has 2 rings (SSSR count). The summed E-state index contributed by atoms with van der Waals surface area (Å²) in [6.45, 7) is 5.11. The van der Waals surface area contributed by atoms with Crippen molar-refractivity contribution in [2.75, 3.05) is 31.1 Å². The average Bonchev–Trinajstić information content (AvgIpc) is 2.51. The number of nitrogens with zero attached hydrogens (tertiary/aromatic N) is 3. The predicted octanol–water partition coefficient (Wildman–Crippen LogP) is 2.30. The van der Waals surface area contributed by atoms with Crippen molar-refractivity contribution in [3.05, 3.63) is 22.4 Å². The van der Waals surface area contributed by atoms with E-state index in [4.69, 9.17) is 23.2 Å². The minimum Gasteiger partial charge on any atom is -0.367 e. The molecule has 4 nitrogen and oxygen atoms in total. The van der Waals surface area contributed by atoms with E-state index in [-0.39, 0.29) is 0 Å². The van der Waals surface area contributed by atoms with Crippen LogP contribution in [0.4, 0.5) is 5.69 Å². The molecule has 1 amide bonds. The highest BCUT2D eigenvalue weighted by atomic mass is 35.5. The minimum absolute atomic E-state index is 0.373. The molecular weight excluding hydrogens is 273 g/mol. The molecule has 0 aliphatic carbocycles. The van der Waals surface area contributed by atoms with Crippen LogP contribution in [0.1, 0.15) is 6.92 Å². The number of carbonyl (C=O) groups excluding carboxylic acids is 1.